The molecule has 1 aromatic rings. The zero-order chi connectivity index (χ0) is 11.9. The fraction of sp³-hybridized carbons (Fsp3) is 0.571. The predicted molar refractivity (Wildman–Crippen MR) is 69.7 cm³/mol. The van der Waals surface area contributed by atoms with E-state index in [0.717, 1.165) is 19.7 Å². The molecule has 1 fully saturated rings. The molecule has 3 heteroatoms. The average Bonchev–Trinajstić information content (AvgIpc) is 2.79. The van der Waals surface area contributed by atoms with Gasteiger partial charge in [-0.05, 0) is 24.4 Å². The molecule has 1 aromatic carbocycles. The van der Waals surface area contributed by atoms with E-state index in [1.807, 2.05) is 0 Å². The molecule has 3 nitrogen and oxygen atoms in total. The Balaban J connectivity index is 1.71. The summed E-state index contributed by atoms with van der Waals surface area (Å²) in [6.07, 6.45) is 1.25. The smallest absolute Gasteiger partial charge is 0.0588 e. The molecule has 2 N–H and O–H groups in total. The molecular formula is C14H22N2O. The molecule has 0 aromatic heterocycles. The van der Waals surface area contributed by atoms with Crippen LogP contribution in [0.15, 0.2) is 30.3 Å². The molecule has 17 heavy (non-hydrogen) atoms. The fourth-order valence-corrected chi connectivity index (χ4v) is 2.37. The molecule has 0 radical (unpaired) electrons. The number of rotatable bonds is 6. The number of likely N-dealkylation sites (tertiary alicyclic amines) is 1. The first-order valence-electron chi connectivity index (χ1n) is 6.42. The van der Waals surface area contributed by atoms with E-state index >= 15 is 0 Å². The quantitative estimate of drug-likeness (QED) is 0.758. The van der Waals surface area contributed by atoms with Gasteiger partial charge < -0.3 is 10.5 Å². The Hall–Kier alpha value is -0.900. The highest BCUT2D eigenvalue weighted by Gasteiger charge is 2.22. The molecule has 0 spiro atoms. The molecular weight excluding hydrogens is 212 g/mol. The molecule has 1 atom stereocenters. The Labute approximate surface area is 104 Å². The zero-order valence-corrected chi connectivity index (χ0v) is 10.3. The zero-order valence-electron chi connectivity index (χ0n) is 10.3. The summed E-state index contributed by atoms with van der Waals surface area (Å²) in [5, 5.41) is 0. The van der Waals surface area contributed by atoms with Gasteiger partial charge in [0, 0.05) is 19.6 Å². The summed E-state index contributed by atoms with van der Waals surface area (Å²) in [5.41, 5.74) is 6.81. The predicted octanol–water partition coefficient (Wildman–Crippen LogP) is 1.48. The number of nitrogens with zero attached hydrogens (tertiary/aromatic N) is 1. The van der Waals surface area contributed by atoms with Gasteiger partial charge >= 0.3 is 0 Å². The highest BCUT2D eigenvalue weighted by Crippen LogP contribution is 2.18. The number of ether oxygens (including phenoxy) is 1. The van der Waals surface area contributed by atoms with Crippen molar-refractivity contribution in [3.8, 4) is 0 Å². The number of hydrogen-bond acceptors (Lipinski definition) is 3. The number of hydrogen-bond donors (Lipinski definition) is 1. The van der Waals surface area contributed by atoms with E-state index in [0.29, 0.717) is 19.1 Å². The van der Waals surface area contributed by atoms with Crippen molar-refractivity contribution in [2.45, 2.75) is 13.0 Å². The Morgan fingerprint density at radius 1 is 1.29 bits per heavy atom. The molecule has 2 rings (SSSR count). The maximum atomic E-state index is 5.51. The lowest BCUT2D eigenvalue weighted by Gasteiger charge is -2.16. The van der Waals surface area contributed by atoms with Gasteiger partial charge in [-0.1, -0.05) is 30.3 Å². The lowest BCUT2D eigenvalue weighted by Crippen LogP contribution is -2.22. The third-order valence-electron chi connectivity index (χ3n) is 3.23. The molecule has 0 bridgehead atoms. The summed E-state index contributed by atoms with van der Waals surface area (Å²) in [6, 6.07) is 10.7. The standard InChI is InChI=1S/C14H22N2O/c15-7-9-17-12-14-6-8-16(11-14)10-13-4-2-1-3-5-13/h1-5,14H,6-12,15H2/t14-/m1/s1. The van der Waals surface area contributed by atoms with E-state index in [1.54, 1.807) is 0 Å². The van der Waals surface area contributed by atoms with Gasteiger partial charge in [0.2, 0.25) is 0 Å². The van der Waals surface area contributed by atoms with Gasteiger partial charge in [0.05, 0.1) is 13.2 Å². The van der Waals surface area contributed by atoms with Crippen LogP contribution in [0.3, 0.4) is 0 Å². The van der Waals surface area contributed by atoms with Gasteiger partial charge in [0.1, 0.15) is 0 Å². The topological polar surface area (TPSA) is 38.5 Å². The highest BCUT2D eigenvalue weighted by molar-refractivity contribution is 5.14. The summed E-state index contributed by atoms with van der Waals surface area (Å²) in [5.74, 6) is 0.685. The van der Waals surface area contributed by atoms with Crippen LogP contribution in [0, 0.1) is 5.92 Å². The van der Waals surface area contributed by atoms with Crippen molar-refractivity contribution in [2.24, 2.45) is 11.7 Å². The number of nitrogens with two attached hydrogens (primary N) is 1. The van der Waals surface area contributed by atoms with E-state index in [9.17, 15) is 0 Å². The first kappa shape index (κ1) is 12.6. The van der Waals surface area contributed by atoms with Crippen LogP contribution in [-0.2, 0) is 11.3 Å². The van der Waals surface area contributed by atoms with Gasteiger partial charge in [-0.2, -0.15) is 0 Å². The van der Waals surface area contributed by atoms with Gasteiger partial charge in [0.15, 0.2) is 0 Å². The van der Waals surface area contributed by atoms with E-state index in [2.05, 4.69) is 35.2 Å². The minimum absolute atomic E-state index is 0.625. The molecule has 1 saturated heterocycles. The molecule has 0 amide bonds. The Morgan fingerprint density at radius 2 is 2.12 bits per heavy atom. The molecule has 0 unspecified atom stereocenters. The minimum atomic E-state index is 0.625. The van der Waals surface area contributed by atoms with Gasteiger partial charge in [-0.25, -0.2) is 0 Å². The number of benzene rings is 1. The molecule has 1 heterocycles. The van der Waals surface area contributed by atoms with Gasteiger partial charge in [-0.3, -0.25) is 4.90 Å². The second-order valence-electron chi connectivity index (χ2n) is 4.74. The second-order valence-corrected chi connectivity index (χ2v) is 4.74. The van der Waals surface area contributed by atoms with E-state index in [4.69, 9.17) is 10.5 Å². The normalized spacial score (nSPS) is 20.9. The van der Waals surface area contributed by atoms with Crippen LogP contribution < -0.4 is 5.73 Å². The van der Waals surface area contributed by atoms with E-state index in [-0.39, 0.29) is 0 Å². The Morgan fingerprint density at radius 3 is 2.88 bits per heavy atom. The SMILES string of the molecule is NCCOC[C@@H]1CCN(Cc2ccccc2)C1. The summed E-state index contributed by atoms with van der Waals surface area (Å²) < 4.78 is 5.51. The van der Waals surface area contributed by atoms with Crippen LogP contribution in [0.25, 0.3) is 0 Å². The Kier molecular flexibility index (Phi) is 4.98. The van der Waals surface area contributed by atoms with Crippen molar-refractivity contribution in [3.05, 3.63) is 35.9 Å². The van der Waals surface area contributed by atoms with Crippen molar-refractivity contribution >= 4 is 0 Å². The third-order valence-corrected chi connectivity index (χ3v) is 3.23. The Bertz CT molecular complexity index is 315. The maximum Gasteiger partial charge on any atom is 0.0588 e. The lowest BCUT2D eigenvalue weighted by atomic mass is 10.1. The van der Waals surface area contributed by atoms with Crippen LogP contribution in [0.2, 0.25) is 0 Å². The first-order chi connectivity index (χ1) is 8.38. The lowest BCUT2D eigenvalue weighted by molar-refractivity contribution is 0.107. The van der Waals surface area contributed by atoms with E-state index in [1.165, 1.54) is 18.5 Å². The van der Waals surface area contributed by atoms with Crippen molar-refractivity contribution in [1.82, 2.24) is 4.90 Å². The van der Waals surface area contributed by atoms with Gasteiger partial charge in [0.25, 0.3) is 0 Å². The summed E-state index contributed by atoms with van der Waals surface area (Å²) >= 11 is 0. The summed E-state index contributed by atoms with van der Waals surface area (Å²) in [7, 11) is 0. The maximum absolute atomic E-state index is 5.51. The minimum Gasteiger partial charge on any atom is -0.380 e. The van der Waals surface area contributed by atoms with Crippen molar-refractivity contribution < 1.29 is 4.74 Å². The fourth-order valence-electron chi connectivity index (χ4n) is 2.37. The molecule has 94 valence electrons. The van der Waals surface area contributed by atoms with Crippen LogP contribution in [-0.4, -0.2) is 37.7 Å². The van der Waals surface area contributed by atoms with Crippen LogP contribution >= 0.6 is 0 Å². The van der Waals surface area contributed by atoms with Crippen molar-refractivity contribution in [3.63, 3.8) is 0 Å². The van der Waals surface area contributed by atoms with Crippen molar-refractivity contribution in [1.29, 1.82) is 0 Å². The summed E-state index contributed by atoms with van der Waals surface area (Å²) in [6.45, 7) is 5.58. The van der Waals surface area contributed by atoms with Crippen LogP contribution in [0.5, 0.6) is 0 Å². The molecule has 1 aliphatic rings. The largest absolute Gasteiger partial charge is 0.380 e. The third kappa shape index (κ3) is 4.11. The van der Waals surface area contributed by atoms with Crippen LogP contribution in [0.1, 0.15) is 12.0 Å². The molecule has 0 aliphatic carbocycles. The van der Waals surface area contributed by atoms with E-state index < -0.39 is 0 Å². The first-order valence-corrected chi connectivity index (χ1v) is 6.42. The summed E-state index contributed by atoms with van der Waals surface area (Å²) in [4.78, 5) is 2.51. The van der Waals surface area contributed by atoms with Gasteiger partial charge in [-0.15, -0.1) is 0 Å². The molecule has 0 saturated carbocycles. The second kappa shape index (κ2) is 6.74. The average molecular weight is 234 g/mol. The van der Waals surface area contributed by atoms with Crippen LogP contribution in [0.4, 0.5) is 0 Å². The monoisotopic (exact) mass is 234 g/mol. The van der Waals surface area contributed by atoms with Crippen molar-refractivity contribution in [2.75, 3.05) is 32.8 Å². The highest BCUT2D eigenvalue weighted by atomic mass is 16.5. The molecule has 1 aliphatic heterocycles.